The van der Waals surface area contributed by atoms with E-state index >= 15 is 0 Å². The third-order valence-electron chi connectivity index (χ3n) is 0. The van der Waals surface area contributed by atoms with Crippen molar-refractivity contribution in [3.8, 4) is 0 Å². The van der Waals surface area contributed by atoms with E-state index in [1.165, 1.54) is 0 Å². The van der Waals surface area contributed by atoms with Crippen LogP contribution in [0.3, 0.4) is 0 Å². The maximum atomic E-state index is 9.02. The molecular weight excluding hydrogens is 139 g/mol. The fourth-order valence-corrected chi connectivity index (χ4v) is 0. The Morgan fingerprint density at radius 2 is 1.60 bits per heavy atom. The molecule has 0 unspecified atom stereocenters. The van der Waals surface area contributed by atoms with Crippen LogP contribution in [0, 0.1) is 0 Å². The molecule has 0 heterocycles. The summed E-state index contributed by atoms with van der Waals surface area (Å²) >= 11 is 3.09. The molecule has 0 aromatic carbocycles. The summed E-state index contributed by atoms with van der Waals surface area (Å²) in [6.45, 7) is 0. The van der Waals surface area contributed by atoms with Gasteiger partial charge in [-0.05, 0) is 0 Å². The zero-order valence-corrected chi connectivity index (χ0v) is 3.79. The Morgan fingerprint density at radius 3 is 1.60 bits per heavy atom. The molecule has 0 saturated carbocycles. The molecule has 0 aliphatic rings. The predicted octanol–water partition coefficient (Wildman–Crippen LogP) is -0.664. The second-order valence-electron chi connectivity index (χ2n) is 0.380. The van der Waals surface area contributed by atoms with Crippen molar-refractivity contribution in [3.05, 3.63) is 0 Å². The van der Waals surface area contributed by atoms with Crippen LogP contribution >= 0.6 is 0 Å². The first-order valence-corrected chi connectivity index (χ1v) is 3.14. The molecule has 0 saturated heterocycles. The molecule has 5 heteroatoms. The van der Waals surface area contributed by atoms with Crippen LogP contribution in [0.1, 0.15) is 0 Å². The average Bonchev–Trinajstić information content (AvgIpc) is 0.722. The molecule has 0 aromatic heterocycles. The zero-order chi connectivity index (χ0) is 4.50. The van der Waals surface area contributed by atoms with Gasteiger partial charge in [0.1, 0.15) is 0 Å². The molecular formula is HNiO3S. The Hall–Kier alpha value is 0.404. The van der Waals surface area contributed by atoms with Gasteiger partial charge in [0.05, 0.1) is 0 Å². The van der Waals surface area contributed by atoms with E-state index in [1.807, 2.05) is 0 Å². The molecule has 5 heavy (non-hydrogen) atoms. The molecule has 0 aromatic rings. The van der Waals surface area contributed by atoms with Crippen molar-refractivity contribution < 1.29 is 27.3 Å². The van der Waals surface area contributed by atoms with E-state index in [2.05, 4.69) is 14.4 Å². The summed E-state index contributed by atoms with van der Waals surface area (Å²) < 4.78 is 25.4. The van der Waals surface area contributed by atoms with E-state index in [9.17, 15) is 0 Å². The zero-order valence-electron chi connectivity index (χ0n) is 1.99. The van der Waals surface area contributed by atoms with Crippen LogP contribution in [-0.2, 0) is 23.0 Å². The van der Waals surface area contributed by atoms with Gasteiger partial charge in [0.15, 0.2) is 0 Å². The molecule has 0 aliphatic carbocycles. The Morgan fingerprint density at radius 1 is 1.60 bits per heavy atom. The molecule has 0 fully saturated rings. The van der Waals surface area contributed by atoms with E-state index in [1.54, 1.807) is 0 Å². The minimum atomic E-state index is -4.04. The molecule has 0 spiro atoms. The van der Waals surface area contributed by atoms with Crippen LogP contribution in [0.5, 0.6) is 0 Å². The van der Waals surface area contributed by atoms with E-state index in [4.69, 9.17) is 13.0 Å². The second kappa shape index (κ2) is 1.24. The molecule has 0 radical (unpaired) electrons. The fourth-order valence-electron chi connectivity index (χ4n) is 0. The van der Waals surface area contributed by atoms with Gasteiger partial charge in [0, 0.05) is 0 Å². The Kier molecular flexibility index (Phi) is 1.34. The third-order valence-corrected chi connectivity index (χ3v) is 0. The van der Waals surface area contributed by atoms with E-state index in [0.717, 1.165) is 0 Å². The number of rotatable bonds is 0. The fraction of sp³-hybridized carbons (Fsp3) is 0. The van der Waals surface area contributed by atoms with Crippen molar-refractivity contribution >= 4 is 8.64 Å². The summed E-state index contributed by atoms with van der Waals surface area (Å²) in [5.74, 6) is 0. The molecule has 35 valence electrons. The Labute approximate surface area is 36.6 Å². The standard InChI is InChI=1S/Ni.HO3S/c;1-4(2)3/h;(H,1,2,3). The van der Waals surface area contributed by atoms with E-state index in [0.29, 0.717) is 0 Å². The first kappa shape index (κ1) is 5.40. The average molecular weight is 140 g/mol. The maximum absolute atomic E-state index is 9.02. The molecule has 3 nitrogen and oxygen atoms in total. The van der Waals surface area contributed by atoms with Crippen molar-refractivity contribution in [2.45, 2.75) is 0 Å². The second-order valence-corrected chi connectivity index (χ2v) is 2.67. The molecule has 0 atom stereocenters. The predicted molar refractivity (Wildman–Crippen MR) is 11.5 cm³/mol. The Balaban J connectivity index is 4.06. The van der Waals surface area contributed by atoms with Crippen LogP contribution in [0.4, 0.5) is 0 Å². The molecule has 0 rings (SSSR count). The topological polar surface area (TPSA) is 54.4 Å². The number of hydrogen-bond acceptors (Lipinski definition) is 2. The summed E-state index contributed by atoms with van der Waals surface area (Å²) in [6.07, 6.45) is 0. The van der Waals surface area contributed by atoms with Gasteiger partial charge >= 0.3 is 36.0 Å². The van der Waals surface area contributed by atoms with Gasteiger partial charge in [-0.15, -0.1) is 0 Å². The normalized spacial score (nSPS) is 11.8. The van der Waals surface area contributed by atoms with E-state index < -0.39 is 8.64 Å². The van der Waals surface area contributed by atoms with Gasteiger partial charge in [-0.2, -0.15) is 0 Å². The van der Waals surface area contributed by atoms with Crippen molar-refractivity contribution in [2.75, 3.05) is 0 Å². The van der Waals surface area contributed by atoms with Crippen molar-refractivity contribution in [1.29, 1.82) is 0 Å². The van der Waals surface area contributed by atoms with Crippen molar-refractivity contribution in [2.24, 2.45) is 0 Å². The molecule has 0 bridgehead atoms. The third kappa shape index (κ3) is 156. The monoisotopic (exact) mass is 139 g/mol. The van der Waals surface area contributed by atoms with Crippen molar-refractivity contribution in [1.82, 2.24) is 0 Å². The van der Waals surface area contributed by atoms with Crippen LogP contribution in [0.25, 0.3) is 0 Å². The molecule has 0 amide bonds. The van der Waals surface area contributed by atoms with Crippen molar-refractivity contribution in [3.63, 3.8) is 0 Å². The summed E-state index contributed by atoms with van der Waals surface area (Å²) in [5.41, 5.74) is 0. The van der Waals surface area contributed by atoms with Crippen LogP contribution in [0.2, 0.25) is 0 Å². The van der Waals surface area contributed by atoms with Gasteiger partial charge in [-0.1, -0.05) is 0 Å². The van der Waals surface area contributed by atoms with E-state index in [-0.39, 0.29) is 0 Å². The van der Waals surface area contributed by atoms with Crippen LogP contribution < -0.4 is 0 Å². The molecule has 0 aliphatic heterocycles. The quantitative estimate of drug-likeness (QED) is 0.358. The summed E-state index contributed by atoms with van der Waals surface area (Å²) in [5, 5.41) is 0. The Bertz CT molecular complexity index is 90.1. The van der Waals surface area contributed by atoms with Gasteiger partial charge < -0.3 is 0 Å². The minimum absolute atomic E-state index is 3.09. The van der Waals surface area contributed by atoms with Crippen LogP contribution in [-0.4, -0.2) is 13.0 Å². The summed E-state index contributed by atoms with van der Waals surface area (Å²) in [7, 11) is -4.04. The van der Waals surface area contributed by atoms with Gasteiger partial charge in [-0.3, -0.25) is 0 Å². The van der Waals surface area contributed by atoms with Gasteiger partial charge in [-0.25, -0.2) is 0 Å². The first-order valence-electron chi connectivity index (χ1n) is 0.645. The first-order chi connectivity index (χ1) is 2.00. The van der Waals surface area contributed by atoms with Crippen LogP contribution in [0.15, 0.2) is 0 Å². The summed E-state index contributed by atoms with van der Waals surface area (Å²) in [6, 6.07) is 0. The number of hydrogen-bond donors (Lipinski definition) is 1. The van der Waals surface area contributed by atoms with Gasteiger partial charge in [0.25, 0.3) is 0 Å². The summed E-state index contributed by atoms with van der Waals surface area (Å²) in [4.78, 5) is 0. The molecule has 1 N–H and O–H groups in total. The van der Waals surface area contributed by atoms with Gasteiger partial charge in [0.2, 0.25) is 0 Å². The SMILES string of the molecule is O=[S](=O)(O)[Ni].